The summed E-state index contributed by atoms with van der Waals surface area (Å²) in [5, 5.41) is 3.87. The highest BCUT2D eigenvalue weighted by Gasteiger charge is 2.25. The molecule has 0 fully saturated rings. The number of nitrogens with one attached hydrogen (secondary N) is 2. The number of amides is 2. The van der Waals surface area contributed by atoms with Crippen LogP contribution in [0.3, 0.4) is 0 Å². The molecule has 0 bridgehead atoms. The molecule has 5 aromatic rings. The van der Waals surface area contributed by atoms with Crippen LogP contribution in [0.1, 0.15) is 32.0 Å². The van der Waals surface area contributed by atoms with E-state index in [4.69, 9.17) is 18.9 Å². The number of ether oxygens (including phenoxy) is 4. The number of aromatic amines is 1. The van der Waals surface area contributed by atoms with Crippen LogP contribution in [-0.4, -0.2) is 56.7 Å². The Morgan fingerprint density at radius 2 is 1.36 bits per heavy atom. The zero-order chi connectivity index (χ0) is 30.8. The summed E-state index contributed by atoms with van der Waals surface area (Å²) in [6.07, 6.45) is 0.747. The lowest BCUT2D eigenvalue weighted by Crippen LogP contribution is -2.36. The second kappa shape index (κ2) is 12.0. The van der Waals surface area contributed by atoms with Gasteiger partial charge >= 0.3 is 0 Å². The average molecular weight is 592 g/mol. The molecule has 9 heteroatoms. The van der Waals surface area contributed by atoms with Gasteiger partial charge in [-0.05, 0) is 89.3 Å². The van der Waals surface area contributed by atoms with Crippen molar-refractivity contribution in [3.8, 4) is 34.1 Å². The first-order valence-corrected chi connectivity index (χ1v) is 14.2. The van der Waals surface area contributed by atoms with Gasteiger partial charge in [-0.15, -0.1) is 0 Å². The van der Waals surface area contributed by atoms with Gasteiger partial charge in [0, 0.05) is 35.2 Å². The summed E-state index contributed by atoms with van der Waals surface area (Å²) in [5.41, 5.74) is 6.79. The summed E-state index contributed by atoms with van der Waals surface area (Å²) >= 11 is 0. The van der Waals surface area contributed by atoms with E-state index in [2.05, 4.69) is 16.4 Å². The summed E-state index contributed by atoms with van der Waals surface area (Å²) in [6.45, 7) is 1.13. The lowest BCUT2D eigenvalue weighted by molar-refractivity contribution is 0.0729. The quantitative estimate of drug-likeness (QED) is 0.219. The van der Waals surface area contributed by atoms with E-state index >= 15 is 0 Å². The third kappa shape index (κ3) is 5.51. The Hall–Kier alpha value is -5.44. The minimum absolute atomic E-state index is 0.0437. The SMILES string of the molecule is COc1ccc(C(=O)Nc2ccc(-c3ccc4[nH]c(C(=O)N5CCc6cc(OC)c(OC)cc6C5)cc4c3)cc2)cc1OC. The number of aromatic nitrogens is 1. The van der Waals surface area contributed by atoms with E-state index < -0.39 is 0 Å². The number of carbonyl (C=O) groups excluding carboxylic acids is 2. The Labute approximate surface area is 255 Å². The van der Waals surface area contributed by atoms with Crippen LogP contribution in [0.2, 0.25) is 0 Å². The fourth-order valence-corrected chi connectivity index (χ4v) is 5.58. The van der Waals surface area contributed by atoms with Gasteiger partial charge in [-0.1, -0.05) is 18.2 Å². The first-order valence-electron chi connectivity index (χ1n) is 14.2. The van der Waals surface area contributed by atoms with Crippen molar-refractivity contribution in [1.29, 1.82) is 0 Å². The molecule has 2 heterocycles. The molecule has 1 aromatic heterocycles. The summed E-state index contributed by atoms with van der Waals surface area (Å²) in [7, 11) is 6.33. The molecule has 9 nitrogen and oxygen atoms in total. The minimum atomic E-state index is -0.249. The minimum Gasteiger partial charge on any atom is -0.493 e. The molecule has 2 N–H and O–H groups in total. The van der Waals surface area contributed by atoms with Crippen LogP contribution < -0.4 is 24.3 Å². The highest BCUT2D eigenvalue weighted by molar-refractivity contribution is 6.05. The van der Waals surface area contributed by atoms with E-state index in [1.165, 1.54) is 12.7 Å². The molecule has 1 aliphatic heterocycles. The first kappa shape index (κ1) is 28.7. The summed E-state index contributed by atoms with van der Waals surface area (Å²) in [6, 6.07) is 24.6. The molecule has 0 saturated carbocycles. The second-order valence-corrected chi connectivity index (χ2v) is 10.5. The van der Waals surface area contributed by atoms with Gasteiger partial charge in [0.2, 0.25) is 0 Å². The number of hydrogen-bond acceptors (Lipinski definition) is 6. The fourth-order valence-electron chi connectivity index (χ4n) is 5.58. The van der Waals surface area contributed by atoms with Gasteiger partial charge in [-0.3, -0.25) is 9.59 Å². The van der Waals surface area contributed by atoms with Crippen molar-refractivity contribution in [2.24, 2.45) is 0 Å². The van der Waals surface area contributed by atoms with Crippen LogP contribution in [0, 0.1) is 0 Å². The topological polar surface area (TPSA) is 102 Å². The molecular weight excluding hydrogens is 558 g/mol. The standard InChI is InChI=1S/C35H33N3O6/c1-41-30-12-8-24(18-31(30)42-2)34(39)36-27-9-5-21(6-10-27)22-7-11-28-25(15-22)16-29(37-28)35(40)38-14-13-23-17-32(43-3)33(44-4)19-26(23)20-38/h5-12,15-19,37H,13-14,20H2,1-4H3,(H,36,39). The number of carbonyl (C=O) groups is 2. The second-order valence-electron chi connectivity index (χ2n) is 10.5. The van der Waals surface area contributed by atoms with Crippen molar-refractivity contribution >= 4 is 28.4 Å². The third-order valence-electron chi connectivity index (χ3n) is 7.98. The van der Waals surface area contributed by atoms with Gasteiger partial charge in [0.1, 0.15) is 5.69 Å². The number of rotatable bonds is 8. The van der Waals surface area contributed by atoms with Crippen LogP contribution >= 0.6 is 0 Å². The van der Waals surface area contributed by atoms with Crippen LogP contribution in [0.4, 0.5) is 5.69 Å². The van der Waals surface area contributed by atoms with Crippen LogP contribution in [0.25, 0.3) is 22.0 Å². The van der Waals surface area contributed by atoms with Crippen LogP contribution in [-0.2, 0) is 13.0 Å². The Balaban J connectivity index is 1.15. The van der Waals surface area contributed by atoms with E-state index in [0.717, 1.165) is 34.0 Å². The molecule has 0 aliphatic carbocycles. The molecule has 0 spiro atoms. The van der Waals surface area contributed by atoms with Crippen LogP contribution in [0.15, 0.2) is 78.9 Å². The number of H-pyrrole nitrogens is 1. The van der Waals surface area contributed by atoms with E-state index in [0.29, 0.717) is 53.0 Å². The molecule has 2 amide bonds. The zero-order valence-electron chi connectivity index (χ0n) is 25.0. The predicted molar refractivity (Wildman–Crippen MR) is 169 cm³/mol. The molecule has 0 unspecified atom stereocenters. The molecule has 0 saturated heterocycles. The van der Waals surface area contributed by atoms with Gasteiger partial charge in [0.15, 0.2) is 23.0 Å². The Kier molecular flexibility index (Phi) is 7.85. The van der Waals surface area contributed by atoms with Crippen molar-refractivity contribution in [3.63, 3.8) is 0 Å². The normalized spacial score (nSPS) is 12.4. The van der Waals surface area contributed by atoms with Gasteiger partial charge in [-0.2, -0.15) is 0 Å². The first-order chi connectivity index (χ1) is 21.4. The fraction of sp³-hybridized carbons (Fsp3) is 0.200. The van der Waals surface area contributed by atoms with E-state index in [-0.39, 0.29) is 11.8 Å². The van der Waals surface area contributed by atoms with Crippen molar-refractivity contribution in [3.05, 3.63) is 101 Å². The molecule has 6 rings (SSSR count). The average Bonchev–Trinajstić information content (AvgIpc) is 3.50. The molecular formula is C35H33N3O6. The summed E-state index contributed by atoms with van der Waals surface area (Å²) < 4.78 is 21.5. The lowest BCUT2D eigenvalue weighted by atomic mass is 9.98. The number of methoxy groups -OCH3 is 4. The maximum Gasteiger partial charge on any atom is 0.270 e. The zero-order valence-corrected chi connectivity index (χ0v) is 25.0. The molecule has 1 aliphatic rings. The number of hydrogen-bond donors (Lipinski definition) is 2. The maximum atomic E-state index is 13.5. The largest absolute Gasteiger partial charge is 0.493 e. The molecule has 0 radical (unpaired) electrons. The smallest absolute Gasteiger partial charge is 0.270 e. The predicted octanol–water partition coefficient (Wildman–Crippen LogP) is 6.32. The Morgan fingerprint density at radius 3 is 2.07 bits per heavy atom. The van der Waals surface area contributed by atoms with Gasteiger partial charge < -0.3 is 34.1 Å². The van der Waals surface area contributed by atoms with Crippen molar-refractivity contribution in [1.82, 2.24) is 9.88 Å². The van der Waals surface area contributed by atoms with E-state index in [9.17, 15) is 9.59 Å². The van der Waals surface area contributed by atoms with E-state index in [1.807, 2.05) is 59.5 Å². The van der Waals surface area contributed by atoms with Gasteiger partial charge in [0.05, 0.1) is 28.4 Å². The maximum absolute atomic E-state index is 13.5. The third-order valence-corrected chi connectivity index (χ3v) is 7.98. The summed E-state index contributed by atoms with van der Waals surface area (Å²) in [4.78, 5) is 31.5. The number of nitrogens with zero attached hydrogens (tertiary/aromatic N) is 1. The van der Waals surface area contributed by atoms with Crippen molar-refractivity contribution in [2.45, 2.75) is 13.0 Å². The Morgan fingerprint density at radius 1 is 0.705 bits per heavy atom. The highest BCUT2D eigenvalue weighted by Crippen LogP contribution is 2.34. The molecule has 0 atom stereocenters. The van der Waals surface area contributed by atoms with Crippen molar-refractivity contribution in [2.75, 3.05) is 40.3 Å². The van der Waals surface area contributed by atoms with Crippen molar-refractivity contribution < 1.29 is 28.5 Å². The monoisotopic (exact) mass is 591 g/mol. The highest BCUT2D eigenvalue weighted by atomic mass is 16.5. The Bertz CT molecular complexity index is 1860. The molecule has 4 aromatic carbocycles. The summed E-state index contributed by atoms with van der Waals surface area (Å²) in [5.74, 6) is 2.12. The van der Waals surface area contributed by atoms with E-state index in [1.54, 1.807) is 39.5 Å². The number of fused-ring (bicyclic) bond motifs is 2. The molecule has 224 valence electrons. The van der Waals surface area contributed by atoms with Gasteiger partial charge in [0.25, 0.3) is 11.8 Å². The van der Waals surface area contributed by atoms with Crippen LogP contribution in [0.5, 0.6) is 23.0 Å². The number of benzene rings is 4. The van der Waals surface area contributed by atoms with Gasteiger partial charge in [-0.25, -0.2) is 0 Å². The molecule has 44 heavy (non-hydrogen) atoms. The number of anilines is 1. The lowest BCUT2D eigenvalue weighted by Gasteiger charge is -2.29.